The highest BCUT2D eigenvalue weighted by Gasteiger charge is 2.25. The second kappa shape index (κ2) is 5.01. The monoisotopic (exact) mass is 338 g/mol. The van der Waals surface area contributed by atoms with Gasteiger partial charge >= 0.3 is 5.97 Å². The fraction of sp³-hybridized carbons (Fsp3) is 0.286. The van der Waals surface area contributed by atoms with Crippen LogP contribution in [0, 0.1) is 5.82 Å². The Kier molecular flexibility index (Phi) is 3.33. The van der Waals surface area contributed by atoms with Crippen LogP contribution in [-0.2, 0) is 13.0 Å². The topological polar surface area (TPSA) is 55.1 Å². The van der Waals surface area contributed by atoms with Crippen LogP contribution >= 0.6 is 15.9 Å². The first kappa shape index (κ1) is 13.3. The van der Waals surface area contributed by atoms with Crippen molar-refractivity contribution in [3.8, 4) is 11.3 Å². The maximum Gasteiger partial charge on any atom is 0.372 e. The third-order valence-electron chi connectivity index (χ3n) is 3.49. The molecule has 0 radical (unpaired) electrons. The number of nitrogens with zero attached hydrogens (tertiary/aromatic N) is 2. The highest BCUT2D eigenvalue weighted by atomic mass is 79.9. The maximum atomic E-state index is 14.0. The van der Waals surface area contributed by atoms with Gasteiger partial charge in [-0.3, -0.25) is 0 Å². The Labute approximate surface area is 123 Å². The van der Waals surface area contributed by atoms with Gasteiger partial charge in [0.1, 0.15) is 5.82 Å². The molecule has 0 fully saturated rings. The predicted octanol–water partition coefficient (Wildman–Crippen LogP) is 3.49. The Hall–Kier alpha value is -1.69. The van der Waals surface area contributed by atoms with E-state index < -0.39 is 11.8 Å². The third kappa shape index (κ3) is 2.14. The molecule has 1 N–H and O–H groups in total. The highest BCUT2D eigenvalue weighted by molar-refractivity contribution is 9.10. The molecular formula is C14H12BrFN2O2. The largest absolute Gasteiger partial charge is 0.475 e. The average Bonchev–Trinajstić information content (AvgIpc) is 2.81. The molecule has 0 spiro atoms. The molecule has 1 aliphatic heterocycles. The normalized spacial score (nSPS) is 14.1. The summed E-state index contributed by atoms with van der Waals surface area (Å²) < 4.78 is 16.5. The standard InChI is InChI=1S/C14H12BrFN2O2/c15-8-4-5-10(16)9(7-8)12-11-3-1-2-6-18(11)13(17-12)14(19)20/h4-5,7H,1-3,6H2,(H,19,20). The summed E-state index contributed by atoms with van der Waals surface area (Å²) in [6.45, 7) is 0.625. The molecule has 1 aromatic carbocycles. The highest BCUT2D eigenvalue weighted by Crippen LogP contribution is 2.32. The summed E-state index contributed by atoms with van der Waals surface area (Å²) in [5.41, 5.74) is 1.60. The van der Waals surface area contributed by atoms with Crippen LogP contribution in [0.2, 0.25) is 0 Å². The van der Waals surface area contributed by atoms with Crippen molar-refractivity contribution in [1.29, 1.82) is 0 Å². The van der Waals surface area contributed by atoms with Crippen LogP contribution in [0.4, 0.5) is 4.39 Å². The van der Waals surface area contributed by atoms with Gasteiger partial charge in [0.15, 0.2) is 0 Å². The Morgan fingerprint density at radius 3 is 2.95 bits per heavy atom. The molecule has 0 aliphatic carbocycles. The van der Waals surface area contributed by atoms with Gasteiger partial charge in [-0.2, -0.15) is 0 Å². The quantitative estimate of drug-likeness (QED) is 0.911. The lowest BCUT2D eigenvalue weighted by molar-refractivity contribution is 0.0677. The Balaban J connectivity index is 2.23. The molecule has 1 aliphatic rings. The minimum absolute atomic E-state index is 0.00549. The van der Waals surface area contributed by atoms with Crippen LogP contribution in [0.1, 0.15) is 29.2 Å². The summed E-state index contributed by atoms with van der Waals surface area (Å²) in [6, 6.07) is 4.60. The molecule has 6 heteroatoms. The summed E-state index contributed by atoms with van der Waals surface area (Å²) >= 11 is 3.31. The first-order valence-corrected chi connectivity index (χ1v) is 7.15. The van der Waals surface area contributed by atoms with Crippen LogP contribution in [0.5, 0.6) is 0 Å². The van der Waals surface area contributed by atoms with Crippen molar-refractivity contribution in [2.45, 2.75) is 25.8 Å². The number of benzene rings is 1. The van der Waals surface area contributed by atoms with E-state index in [2.05, 4.69) is 20.9 Å². The predicted molar refractivity (Wildman–Crippen MR) is 75.2 cm³/mol. The molecule has 0 unspecified atom stereocenters. The second-order valence-electron chi connectivity index (χ2n) is 4.77. The van der Waals surface area contributed by atoms with E-state index in [0.29, 0.717) is 17.8 Å². The molecular weight excluding hydrogens is 327 g/mol. The van der Waals surface area contributed by atoms with E-state index >= 15 is 0 Å². The van der Waals surface area contributed by atoms with Crippen molar-refractivity contribution >= 4 is 21.9 Å². The van der Waals surface area contributed by atoms with Gasteiger partial charge < -0.3 is 9.67 Å². The molecule has 2 aromatic rings. The number of aromatic nitrogens is 2. The number of carboxylic acids is 1. The number of rotatable bonds is 2. The molecule has 1 aromatic heterocycles. The van der Waals surface area contributed by atoms with Crippen molar-refractivity contribution in [2.75, 3.05) is 0 Å². The number of aromatic carboxylic acids is 1. The summed E-state index contributed by atoms with van der Waals surface area (Å²) in [4.78, 5) is 15.4. The molecule has 0 amide bonds. The van der Waals surface area contributed by atoms with Gasteiger partial charge in [-0.25, -0.2) is 14.2 Å². The molecule has 3 rings (SSSR count). The van der Waals surface area contributed by atoms with Gasteiger partial charge in [-0.1, -0.05) is 15.9 Å². The van der Waals surface area contributed by atoms with Crippen LogP contribution in [0.25, 0.3) is 11.3 Å². The Morgan fingerprint density at radius 1 is 1.40 bits per heavy atom. The van der Waals surface area contributed by atoms with Gasteiger partial charge in [0.25, 0.3) is 0 Å². The lowest BCUT2D eigenvalue weighted by Gasteiger charge is -2.16. The molecule has 0 saturated heterocycles. The summed E-state index contributed by atoms with van der Waals surface area (Å²) in [5.74, 6) is -1.47. The minimum Gasteiger partial charge on any atom is -0.475 e. The lowest BCUT2D eigenvalue weighted by atomic mass is 10.0. The van der Waals surface area contributed by atoms with Crippen LogP contribution in [0.15, 0.2) is 22.7 Å². The van der Waals surface area contributed by atoms with Crippen LogP contribution < -0.4 is 0 Å². The van der Waals surface area contributed by atoms with Crippen molar-refractivity contribution < 1.29 is 14.3 Å². The lowest BCUT2D eigenvalue weighted by Crippen LogP contribution is -2.16. The number of carboxylic acid groups (broad SMARTS) is 1. The smallest absolute Gasteiger partial charge is 0.372 e. The number of fused-ring (bicyclic) bond motifs is 1. The number of imidazole rings is 1. The summed E-state index contributed by atoms with van der Waals surface area (Å²) in [7, 11) is 0. The van der Waals surface area contributed by atoms with Gasteiger partial charge in [0, 0.05) is 22.3 Å². The Bertz CT molecular complexity index is 697. The SMILES string of the molecule is O=C(O)c1nc(-c2cc(Br)ccc2F)c2n1CCCC2. The van der Waals surface area contributed by atoms with Crippen molar-refractivity contribution in [1.82, 2.24) is 9.55 Å². The summed E-state index contributed by atoms with van der Waals surface area (Å²) in [6.07, 6.45) is 2.61. The zero-order valence-electron chi connectivity index (χ0n) is 10.6. The van der Waals surface area contributed by atoms with E-state index in [4.69, 9.17) is 0 Å². The first-order valence-electron chi connectivity index (χ1n) is 6.36. The van der Waals surface area contributed by atoms with Gasteiger partial charge in [0.05, 0.1) is 5.69 Å². The van der Waals surface area contributed by atoms with Crippen LogP contribution in [-0.4, -0.2) is 20.6 Å². The zero-order valence-corrected chi connectivity index (χ0v) is 12.2. The van der Waals surface area contributed by atoms with E-state index in [1.54, 1.807) is 16.7 Å². The maximum absolute atomic E-state index is 14.0. The van der Waals surface area contributed by atoms with Crippen molar-refractivity contribution in [3.63, 3.8) is 0 Å². The molecule has 0 saturated carbocycles. The molecule has 4 nitrogen and oxygen atoms in total. The number of hydrogen-bond acceptors (Lipinski definition) is 2. The van der Waals surface area contributed by atoms with E-state index in [0.717, 1.165) is 29.4 Å². The third-order valence-corrected chi connectivity index (χ3v) is 3.99. The van der Waals surface area contributed by atoms with Gasteiger partial charge in [-0.05, 0) is 37.5 Å². The fourth-order valence-electron chi connectivity index (χ4n) is 2.60. The van der Waals surface area contributed by atoms with E-state index in [1.807, 2.05) is 0 Å². The van der Waals surface area contributed by atoms with Crippen LogP contribution in [0.3, 0.4) is 0 Å². The van der Waals surface area contributed by atoms with E-state index in [-0.39, 0.29) is 5.82 Å². The van der Waals surface area contributed by atoms with Gasteiger partial charge in [-0.15, -0.1) is 0 Å². The number of hydrogen-bond donors (Lipinski definition) is 1. The molecule has 2 heterocycles. The van der Waals surface area contributed by atoms with E-state index in [1.165, 1.54) is 6.07 Å². The molecule has 0 atom stereocenters. The first-order chi connectivity index (χ1) is 9.58. The fourth-order valence-corrected chi connectivity index (χ4v) is 2.96. The average molecular weight is 339 g/mol. The number of carbonyl (C=O) groups is 1. The molecule has 0 bridgehead atoms. The van der Waals surface area contributed by atoms with Gasteiger partial charge in [0.2, 0.25) is 5.82 Å². The van der Waals surface area contributed by atoms with E-state index in [9.17, 15) is 14.3 Å². The molecule has 20 heavy (non-hydrogen) atoms. The van der Waals surface area contributed by atoms with Crippen molar-refractivity contribution in [2.24, 2.45) is 0 Å². The Morgan fingerprint density at radius 2 is 2.20 bits per heavy atom. The second-order valence-corrected chi connectivity index (χ2v) is 5.68. The molecule has 104 valence electrons. The zero-order chi connectivity index (χ0) is 14.3. The van der Waals surface area contributed by atoms with Crippen molar-refractivity contribution in [3.05, 3.63) is 40.0 Å². The summed E-state index contributed by atoms with van der Waals surface area (Å²) in [5, 5.41) is 9.24. The minimum atomic E-state index is -1.07. The number of halogens is 2.